The molecule has 1 atom stereocenters. The fraction of sp³-hybridized carbons (Fsp3) is 0.440. The molecule has 0 saturated heterocycles. The third-order valence-corrected chi connectivity index (χ3v) is 7.51. The molecule has 1 aliphatic carbocycles. The highest BCUT2D eigenvalue weighted by Crippen LogP contribution is 2.24. The molecular weight excluding hydrogens is 463 g/mol. The van der Waals surface area contributed by atoms with Crippen molar-refractivity contribution in [2.45, 2.75) is 63.9 Å². The van der Waals surface area contributed by atoms with E-state index in [1.807, 2.05) is 12.1 Å². The lowest BCUT2D eigenvalue weighted by molar-refractivity contribution is -0.138. The third-order valence-electron chi connectivity index (χ3n) is 5.78. The SMILES string of the molecule is Cc1cccc(CSCC(=O)N(Cc2ccc(Cl)c(Cl)c2)[C@@H](C)C(=O)NC2CCCC2)c1. The van der Waals surface area contributed by atoms with Crippen LogP contribution >= 0.6 is 35.0 Å². The van der Waals surface area contributed by atoms with Crippen LogP contribution in [0.1, 0.15) is 49.3 Å². The van der Waals surface area contributed by atoms with Crippen molar-refractivity contribution in [2.75, 3.05) is 5.75 Å². The van der Waals surface area contributed by atoms with Gasteiger partial charge in [-0.1, -0.05) is 71.9 Å². The number of hydrogen-bond acceptors (Lipinski definition) is 3. The molecule has 0 aliphatic heterocycles. The molecule has 7 heteroatoms. The van der Waals surface area contributed by atoms with Gasteiger partial charge in [0.25, 0.3) is 0 Å². The molecule has 4 nitrogen and oxygen atoms in total. The summed E-state index contributed by atoms with van der Waals surface area (Å²) in [6, 6.07) is 13.2. The van der Waals surface area contributed by atoms with Crippen LogP contribution in [0, 0.1) is 6.92 Å². The molecule has 1 fully saturated rings. The number of nitrogens with zero attached hydrogens (tertiary/aromatic N) is 1. The van der Waals surface area contributed by atoms with Crippen LogP contribution < -0.4 is 5.32 Å². The number of carbonyl (C=O) groups is 2. The Morgan fingerprint density at radius 3 is 2.53 bits per heavy atom. The number of benzene rings is 2. The van der Waals surface area contributed by atoms with Crippen LogP contribution in [0.3, 0.4) is 0 Å². The maximum Gasteiger partial charge on any atom is 0.242 e. The number of hydrogen-bond donors (Lipinski definition) is 1. The number of halogens is 2. The average Bonchev–Trinajstić information content (AvgIpc) is 3.27. The molecule has 172 valence electrons. The highest BCUT2D eigenvalue weighted by Gasteiger charge is 2.28. The van der Waals surface area contributed by atoms with Gasteiger partial charge in [0, 0.05) is 18.3 Å². The van der Waals surface area contributed by atoms with Crippen molar-refractivity contribution in [3.8, 4) is 0 Å². The van der Waals surface area contributed by atoms with E-state index in [4.69, 9.17) is 23.2 Å². The number of carbonyl (C=O) groups excluding carboxylic acids is 2. The minimum absolute atomic E-state index is 0.0669. The zero-order valence-electron chi connectivity index (χ0n) is 18.6. The Bertz CT molecular complexity index is 947. The normalized spacial score (nSPS) is 14.9. The molecule has 1 N–H and O–H groups in total. The second kappa shape index (κ2) is 12.0. The van der Waals surface area contributed by atoms with Gasteiger partial charge in [-0.2, -0.15) is 0 Å². The van der Waals surface area contributed by atoms with Crippen molar-refractivity contribution in [1.29, 1.82) is 0 Å². The van der Waals surface area contributed by atoms with Gasteiger partial charge in [0.05, 0.1) is 15.8 Å². The molecule has 0 bridgehead atoms. The summed E-state index contributed by atoms with van der Waals surface area (Å²) in [7, 11) is 0. The molecule has 0 heterocycles. The van der Waals surface area contributed by atoms with E-state index in [9.17, 15) is 9.59 Å². The van der Waals surface area contributed by atoms with Crippen LogP contribution in [0.4, 0.5) is 0 Å². The summed E-state index contributed by atoms with van der Waals surface area (Å²) < 4.78 is 0. The second-order valence-corrected chi connectivity index (χ2v) is 10.2. The molecule has 2 aromatic carbocycles. The van der Waals surface area contributed by atoms with Gasteiger partial charge in [0.15, 0.2) is 0 Å². The first-order valence-electron chi connectivity index (χ1n) is 11.0. The highest BCUT2D eigenvalue weighted by atomic mass is 35.5. The van der Waals surface area contributed by atoms with E-state index in [1.54, 1.807) is 35.7 Å². The molecule has 0 radical (unpaired) electrons. The minimum atomic E-state index is -0.572. The Morgan fingerprint density at radius 1 is 1.09 bits per heavy atom. The van der Waals surface area contributed by atoms with Crippen LogP contribution in [-0.4, -0.2) is 34.6 Å². The lowest BCUT2D eigenvalue weighted by Gasteiger charge is -2.30. The highest BCUT2D eigenvalue weighted by molar-refractivity contribution is 7.99. The van der Waals surface area contributed by atoms with Crippen molar-refractivity contribution in [3.63, 3.8) is 0 Å². The lowest BCUT2D eigenvalue weighted by atomic mass is 10.1. The maximum absolute atomic E-state index is 13.2. The minimum Gasteiger partial charge on any atom is -0.352 e. The van der Waals surface area contributed by atoms with Crippen LogP contribution in [0.15, 0.2) is 42.5 Å². The van der Waals surface area contributed by atoms with E-state index < -0.39 is 6.04 Å². The number of thioether (sulfide) groups is 1. The summed E-state index contributed by atoms with van der Waals surface area (Å²) in [4.78, 5) is 27.8. The zero-order valence-corrected chi connectivity index (χ0v) is 20.9. The van der Waals surface area contributed by atoms with Crippen LogP contribution in [0.5, 0.6) is 0 Å². The lowest BCUT2D eigenvalue weighted by Crippen LogP contribution is -2.50. The fourth-order valence-electron chi connectivity index (χ4n) is 3.95. The molecule has 1 aliphatic rings. The van der Waals surface area contributed by atoms with E-state index >= 15 is 0 Å². The number of nitrogens with one attached hydrogen (secondary N) is 1. The monoisotopic (exact) mass is 492 g/mol. The Kier molecular flexibility index (Phi) is 9.33. The van der Waals surface area contributed by atoms with Gasteiger partial charge in [0.1, 0.15) is 6.04 Å². The van der Waals surface area contributed by atoms with Gasteiger partial charge in [-0.15, -0.1) is 11.8 Å². The van der Waals surface area contributed by atoms with Crippen molar-refractivity contribution in [1.82, 2.24) is 10.2 Å². The molecule has 0 unspecified atom stereocenters. The summed E-state index contributed by atoms with van der Waals surface area (Å²) >= 11 is 13.8. The predicted octanol–water partition coefficient (Wildman–Crippen LogP) is 6.01. The van der Waals surface area contributed by atoms with Crippen molar-refractivity contribution >= 4 is 46.8 Å². The number of amides is 2. The second-order valence-electron chi connectivity index (χ2n) is 8.42. The van der Waals surface area contributed by atoms with E-state index in [-0.39, 0.29) is 17.9 Å². The molecule has 2 amide bonds. The largest absolute Gasteiger partial charge is 0.352 e. The van der Waals surface area contributed by atoms with E-state index in [1.165, 1.54) is 11.1 Å². The van der Waals surface area contributed by atoms with Gasteiger partial charge < -0.3 is 10.2 Å². The third kappa shape index (κ3) is 7.16. The topological polar surface area (TPSA) is 49.4 Å². The first kappa shape index (κ1) is 24.9. The van der Waals surface area contributed by atoms with Gasteiger partial charge >= 0.3 is 0 Å². The maximum atomic E-state index is 13.2. The van der Waals surface area contributed by atoms with Crippen LogP contribution in [-0.2, 0) is 21.9 Å². The Morgan fingerprint density at radius 2 is 1.84 bits per heavy atom. The summed E-state index contributed by atoms with van der Waals surface area (Å²) in [5.41, 5.74) is 3.23. The Labute approximate surface area is 205 Å². The zero-order chi connectivity index (χ0) is 23.1. The van der Waals surface area contributed by atoms with Gasteiger partial charge in [-0.3, -0.25) is 9.59 Å². The number of rotatable bonds is 9. The smallest absolute Gasteiger partial charge is 0.242 e. The van der Waals surface area contributed by atoms with Crippen molar-refractivity contribution < 1.29 is 9.59 Å². The quantitative estimate of drug-likeness (QED) is 0.466. The molecule has 0 spiro atoms. The Hall–Kier alpha value is -1.69. The molecule has 0 aromatic heterocycles. The van der Waals surface area contributed by atoms with E-state index in [0.29, 0.717) is 22.3 Å². The van der Waals surface area contributed by atoms with E-state index in [0.717, 1.165) is 37.0 Å². The van der Waals surface area contributed by atoms with Crippen LogP contribution in [0.25, 0.3) is 0 Å². The summed E-state index contributed by atoms with van der Waals surface area (Å²) in [5.74, 6) is 0.879. The molecule has 32 heavy (non-hydrogen) atoms. The van der Waals surface area contributed by atoms with Crippen LogP contribution in [0.2, 0.25) is 10.0 Å². The number of aryl methyl sites for hydroxylation is 1. The fourth-order valence-corrected chi connectivity index (χ4v) is 5.13. The standard InChI is InChI=1S/C25H30Cl2N2O2S/c1-17-6-5-7-20(12-17)15-32-16-24(30)29(14-19-10-11-22(26)23(27)13-19)18(2)25(31)28-21-8-3-4-9-21/h5-7,10-13,18,21H,3-4,8-9,14-16H2,1-2H3,(H,28,31)/t18-/m0/s1. The first-order chi connectivity index (χ1) is 15.3. The Balaban J connectivity index is 1.68. The predicted molar refractivity (Wildman–Crippen MR) is 134 cm³/mol. The van der Waals surface area contributed by atoms with Gasteiger partial charge in [-0.05, 0) is 49.9 Å². The average molecular weight is 494 g/mol. The molecule has 2 aromatic rings. The molecular formula is C25H30Cl2N2O2S. The summed E-state index contributed by atoms with van der Waals surface area (Å²) in [6.45, 7) is 4.16. The van der Waals surface area contributed by atoms with Gasteiger partial charge in [0.2, 0.25) is 11.8 Å². The molecule has 3 rings (SSSR count). The van der Waals surface area contributed by atoms with Crippen molar-refractivity contribution in [3.05, 3.63) is 69.2 Å². The molecule has 1 saturated carbocycles. The summed E-state index contributed by atoms with van der Waals surface area (Å²) in [5, 5.41) is 4.03. The van der Waals surface area contributed by atoms with E-state index in [2.05, 4.69) is 30.4 Å². The van der Waals surface area contributed by atoms with Crippen molar-refractivity contribution in [2.24, 2.45) is 0 Å². The summed E-state index contributed by atoms with van der Waals surface area (Å²) in [6.07, 6.45) is 4.29. The first-order valence-corrected chi connectivity index (χ1v) is 12.9. The van der Waals surface area contributed by atoms with Gasteiger partial charge in [-0.25, -0.2) is 0 Å².